The summed E-state index contributed by atoms with van der Waals surface area (Å²) in [6, 6.07) is 3.12. The molecule has 1 aromatic rings. The third-order valence-corrected chi connectivity index (χ3v) is 8.32. The number of primary amides is 1. The van der Waals surface area contributed by atoms with Crippen molar-refractivity contribution >= 4 is 35.8 Å². The third-order valence-electron chi connectivity index (χ3n) is 8.32. The highest BCUT2D eigenvalue weighted by atomic mass is 16.7. The van der Waals surface area contributed by atoms with E-state index in [1.165, 1.54) is 6.07 Å². The second-order valence-electron chi connectivity index (χ2n) is 10.9. The molecule has 0 radical (unpaired) electrons. The molecule has 9 nitrogen and oxygen atoms in total. The van der Waals surface area contributed by atoms with Crippen molar-refractivity contribution in [2.45, 2.75) is 58.2 Å². The molecule has 0 aromatic heterocycles. The lowest BCUT2D eigenvalue weighted by molar-refractivity contribution is -0.127. The molecule has 1 saturated carbocycles. The highest BCUT2D eigenvalue weighted by Crippen LogP contribution is 2.50. The molecule has 0 bridgehead atoms. The number of phenolic OH excluding ortho intramolecular Hbond substituents is 1. The standard InChI is InChI=1S/C25H28BNO8/c1-24(2)25(3,4)35-26(34-24)13-5-6-14(28)18-12(13)8-10-7-11-9-15(29)19(23(27)33)22(32)17(11)20(30)16(10)21(18)31/h5-6,10-11,17,28,31-32H,7-9H2,1-4H3,(H2,27,33). The number of amides is 1. The van der Waals surface area contributed by atoms with Crippen molar-refractivity contribution in [2.75, 3.05) is 0 Å². The van der Waals surface area contributed by atoms with Crippen molar-refractivity contribution in [3.63, 3.8) is 0 Å². The molecule has 10 heteroatoms. The summed E-state index contributed by atoms with van der Waals surface area (Å²) in [5.41, 5.74) is 4.97. The summed E-state index contributed by atoms with van der Waals surface area (Å²) in [6.45, 7) is 7.71. The molecule has 0 spiro atoms. The first-order valence-electron chi connectivity index (χ1n) is 11.7. The predicted octanol–water partition coefficient (Wildman–Crippen LogP) is 1.61. The lowest BCUT2D eigenvalue weighted by Gasteiger charge is -2.41. The number of aliphatic hydroxyl groups excluding tert-OH is 2. The Morgan fingerprint density at radius 3 is 2.29 bits per heavy atom. The van der Waals surface area contributed by atoms with E-state index in [1.54, 1.807) is 6.07 Å². The molecule has 3 atom stereocenters. The van der Waals surface area contributed by atoms with Gasteiger partial charge in [0.15, 0.2) is 11.6 Å². The monoisotopic (exact) mass is 481 g/mol. The van der Waals surface area contributed by atoms with Crippen LogP contribution in [0.15, 0.2) is 29.0 Å². The Balaban J connectivity index is 1.62. The number of aromatic hydroxyl groups is 1. The number of hydrogen-bond acceptors (Lipinski definition) is 8. The Labute approximate surface area is 202 Å². The number of benzene rings is 1. The summed E-state index contributed by atoms with van der Waals surface area (Å²) in [5, 5.41) is 32.5. The van der Waals surface area contributed by atoms with Gasteiger partial charge in [-0.2, -0.15) is 0 Å². The topological polar surface area (TPSA) is 156 Å². The number of ketones is 2. The highest BCUT2D eigenvalue weighted by Gasteiger charge is 2.54. The number of carbonyl (C=O) groups is 3. The van der Waals surface area contributed by atoms with Gasteiger partial charge in [0.2, 0.25) is 0 Å². The number of carbonyl (C=O) groups excluding carboxylic acids is 3. The van der Waals surface area contributed by atoms with Gasteiger partial charge in [-0.3, -0.25) is 14.4 Å². The van der Waals surface area contributed by atoms with Gasteiger partial charge < -0.3 is 30.4 Å². The maximum atomic E-state index is 13.5. The van der Waals surface area contributed by atoms with Crippen LogP contribution in [0.5, 0.6) is 5.75 Å². The molecule has 1 aromatic carbocycles. The number of aliphatic hydroxyl groups is 2. The van der Waals surface area contributed by atoms with Crippen molar-refractivity contribution in [3.05, 3.63) is 40.2 Å². The van der Waals surface area contributed by atoms with Gasteiger partial charge in [0.05, 0.1) is 22.7 Å². The van der Waals surface area contributed by atoms with E-state index >= 15 is 0 Å². The summed E-state index contributed by atoms with van der Waals surface area (Å²) < 4.78 is 12.4. The lowest BCUT2D eigenvalue weighted by Crippen LogP contribution is -2.46. The zero-order valence-electron chi connectivity index (χ0n) is 20.0. The van der Waals surface area contributed by atoms with Crippen LogP contribution in [0.3, 0.4) is 0 Å². The maximum absolute atomic E-state index is 13.5. The van der Waals surface area contributed by atoms with Crippen molar-refractivity contribution in [2.24, 2.45) is 23.5 Å². The molecule has 5 rings (SSSR count). The van der Waals surface area contributed by atoms with Crippen LogP contribution in [-0.2, 0) is 30.1 Å². The van der Waals surface area contributed by atoms with E-state index in [-0.39, 0.29) is 29.1 Å². The van der Waals surface area contributed by atoms with E-state index in [4.69, 9.17) is 15.0 Å². The van der Waals surface area contributed by atoms with Crippen LogP contribution in [0.25, 0.3) is 5.76 Å². The predicted molar refractivity (Wildman–Crippen MR) is 126 cm³/mol. The van der Waals surface area contributed by atoms with Crippen molar-refractivity contribution in [1.82, 2.24) is 0 Å². The van der Waals surface area contributed by atoms with Crippen LogP contribution in [0.4, 0.5) is 0 Å². The molecule has 3 unspecified atom stereocenters. The number of nitrogens with two attached hydrogens (primary N) is 1. The molecule has 1 aliphatic heterocycles. The van der Waals surface area contributed by atoms with E-state index < -0.39 is 64.9 Å². The van der Waals surface area contributed by atoms with Gasteiger partial charge in [-0.05, 0) is 69.5 Å². The number of allylic oxidation sites excluding steroid dienone is 2. The number of Topliss-reactive ketones (excluding diaryl/α,β-unsaturated/α-hetero) is 2. The molecular formula is C25H28BNO8. The molecule has 1 amide bonds. The molecule has 5 N–H and O–H groups in total. The fraction of sp³-hybridized carbons (Fsp3) is 0.480. The van der Waals surface area contributed by atoms with Gasteiger partial charge in [0.25, 0.3) is 5.91 Å². The summed E-state index contributed by atoms with van der Waals surface area (Å²) in [7, 11) is -0.739. The number of fused-ring (bicyclic) bond motifs is 3. The van der Waals surface area contributed by atoms with Gasteiger partial charge in [-0.1, -0.05) is 6.07 Å². The first-order chi connectivity index (χ1) is 16.2. The van der Waals surface area contributed by atoms with E-state index in [1.807, 2.05) is 27.7 Å². The fourth-order valence-corrected chi connectivity index (χ4v) is 5.86. The van der Waals surface area contributed by atoms with Gasteiger partial charge in [-0.15, -0.1) is 0 Å². The molecule has 1 heterocycles. The van der Waals surface area contributed by atoms with E-state index in [2.05, 4.69) is 0 Å². The molecular weight excluding hydrogens is 453 g/mol. The van der Waals surface area contributed by atoms with Crippen LogP contribution in [0.1, 0.15) is 51.7 Å². The Morgan fingerprint density at radius 2 is 1.69 bits per heavy atom. The largest absolute Gasteiger partial charge is 0.511 e. The van der Waals surface area contributed by atoms with Crippen LogP contribution in [-0.4, -0.2) is 51.1 Å². The van der Waals surface area contributed by atoms with E-state index in [0.717, 1.165) is 0 Å². The number of rotatable bonds is 2. The second-order valence-corrected chi connectivity index (χ2v) is 10.9. The first kappa shape index (κ1) is 23.6. The Kier molecular flexibility index (Phi) is 5.03. The SMILES string of the molecule is CC1(C)OB(c2ccc(O)c3c2CC2CC4CC(=O)C(C(N)=O)=C(O)C4C(=O)C2=C3O)OC1(C)C. The number of phenols is 1. The summed E-state index contributed by atoms with van der Waals surface area (Å²) in [6.07, 6.45) is 0.536. The smallest absolute Gasteiger partial charge is 0.495 e. The van der Waals surface area contributed by atoms with Crippen molar-refractivity contribution < 1.29 is 39.0 Å². The maximum Gasteiger partial charge on any atom is 0.495 e. The van der Waals surface area contributed by atoms with Gasteiger partial charge in [0.1, 0.15) is 22.8 Å². The molecule has 35 heavy (non-hydrogen) atoms. The average molecular weight is 481 g/mol. The highest BCUT2D eigenvalue weighted by molar-refractivity contribution is 6.62. The molecule has 3 aliphatic carbocycles. The lowest BCUT2D eigenvalue weighted by atomic mass is 9.60. The second kappa shape index (κ2) is 7.45. The zero-order valence-corrected chi connectivity index (χ0v) is 20.0. The number of hydrogen-bond donors (Lipinski definition) is 4. The van der Waals surface area contributed by atoms with Crippen LogP contribution < -0.4 is 11.2 Å². The Morgan fingerprint density at radius 1 is 1.06 bits per heavy atom. The third kappa shape index (κ3) is 3.26. The summed E-state index contributed by atoms with van der Waals surface area (Å²) in [5.74, 6) is -5.57. The van der Waals surface area contributed by atoms with E-state index in [0.29, 0.717) is 23.9 Å². The molecule has 4 aliphatic rings. The minimum Gasteiger partial charge on any atom is -0.511 e. The quantitative estimate of drug-likeness (QED) is 0.367. The summed E-state index contributed by atoms with van der Waals surface area (Å²) >= 11 is 0. The van der Waals surface area contributed by atoms with Gasteiger partial charge >= 0.3 is 7.12 Å². The Bertz CT molecular complexity index is 1240. The summed E-state index contributed by atoms with van der Waals surface area (Å²) in [4.78, 5) is 37.7. The Hall–Kier alpha value is -3.11. The molecule has 2 fully saturated rings. The normalized spacial score (nSPS) is 29.1. The minimum absolute atomic E-state index is 0.0739. The van der Waals surface area contributed by atoms with Gasteiger partial charge in [0, 0.05) is 12.0 Å². The first-order valence-corrected chi connectivity index (χ1v) is 11.7. The fourth-order valence-electron chi connectivity index (χ4n) is 5.86. The zero-order chi connectivity index (χ0) is 25.6. The average Bonchev–Trinajstić information content (AvgIpc) is 2.93. The minimum atomic E-state index is -1.14. The van der Waals surface area contributed by atoms with Crippen molar-refractivity contribution in [1.29, 1.82) is 0 Å². The van der Waals surface area contributed by atoms with Gasteiger partial charge in [-0.25, -0.2) is 0 Å². The van der Waals surface area contributed by atoms with Crippen molar-refractivity contribution in [3.8, 4) is 5.75 Å². The molecule has 1 saturated heterocycles. The van der Waals surface area contributed by atoms with E-state index in [9.17, 15) is 29.7 Å². The van der Waals surface area contributed by atoms with Crippen LogP contribution in [0, 0.1) is 17.8 Å². The van der Waals surface area contributed by atoms with Crippen LogP contribution >= 0.6 is 0 Å². The van der Waals surface area contributed by atoms with Crippen LogP contribution in [0.2, 0.25) is 0 Å². The molecule has 184 valence electrons.